The number of hydrogen-bond donors (Lipinski definition) is 2. The Morgan fingerprint density at radius 1 is 1.22 bits per heavy atom. The molecule has 0 saturated heterocycles. The first kappa shape index (κ1) is 13.2. The van der Waals surface area contributed by atoms with E-state index in [0.29, 0.717) is 0 Å². The molecule has 2 rings (SSSR count). The van der Waals surface area contributed by atoms with Gasteiger partial charge in [-0.15, -0.1) is 0 Å². The fourth-order valence-electron chi connectivity index (χ4n) is 2.54. The second-order valence-electron chi connectivity index (χ2n) is 4.92. The van der Waals surface area contributed by atoms with Gasteiger partial charge in [0.1, 0.15) is 0 Å². The summed E-state index contributed by atoms with van der Waals surface area (Å²) in [7, 11) is 0. The average Bonchev–Trinajstić information content (AvgIpc) is 2.70. The van der Waals surface area contributed by atoms with E-state index in [1.165, 1.54) is 34.1 Å². The molecule has 2 aromatic rings. The topological polar surface area (TPSA) is 27.8 Å². The maximum absolute atomic E-state index is 3.50. The predicted octanol–water partition coefficient (Wildman–Crippen LogP) is 3.58. The summed E-state index contributed by atoms with van der Waals surface area (Å²) in [6, 6.07) is 6.79. The highest BCUT2D eigenvalue weighted by Gasteiger charge is 2.08. The summed E-state index contributed by atoms with van der Waals surface area (Å²) in [6.45, 7) is 8.73. The van der Waals surface area contributed by atoms with Crippen LogP contribution >= 0.6 is 0 Å². The third kappa shape index (κ3) is 2.75. The SMILES string of the molecule is CCNCCCc1c(C)[nH]c2ccc(CC)cc12. The standard InChI is InChI=1S/C16H24N2/c1-4-13-8-9-16-15(11-13)14(12(3)18-16)7-6-10-17-5-2/h8-9,11,17-18H,4-7,10H2,1-3H3. The van der Waals surface area contributed by atoms with Crippen molar-refractivity contribution < 1.29 is 0 Å². The Hall–Kier alpha value is -1.28. The average molecular weight is 244 g/mol. The highest BCUT2D eigenvalue weighted by molar-refractivity contribution is 5.85. The first-order valence-electron chi connectivity index (χ1n) is 7.07. The van der Waals surface area contributed by atoms with E-state index < -0.39 is 0 Å². The Kier molecular flexibility index (Phi) is 4.43. The van der Waals surface area contributed by atoms with Gasteiger partial charge < -0.3 is 10.3 Å². The van der Waals surface area contributed by atoms with Gasteiger partial charge in [-0.05, 0) is 62.5 Å². The van der Waals surface area contributed by atoms with Crippen molar-refractivity contribution in [2.45, 2.75) is 40.0 Å². The normalized spacial score (nSPS) is 11.3. The zero-order chi connectivity index (χ0) is 13.0. The molecular weight excluding hydrogens is 220 g/mol. The van der Waals surface area contributed by atoms with Crippen LogP contribution in [0.1, 0.15) is 37.1 Å². The first-order valence-corrected chi connectivity index (χ1v) is 7.07. The molecule has 0 spiro atoms. The lowest BCUT2D eigenvalue weighted by Crippen LogP contribution is -2.14. The van der Waals surface area contributed by atoms with Gasteiger partial charge >= 0.3 is 0 Å². The molecule has 18 heavy (non-hydrogen) atoms. The van der Waals surface area contributed by atoms with Crippen molar-refractivity contribution in [2.24, 2.45) is 0 Å². The van der Waals surface area contributed by atoms with Gasteiger partial charge in [-0.3, -0.25) is 0 Å². The molecule has 1 aromatic carbocycles. The van der Waals surface area contributed by atoms with Crippen molar-refractivity contribution >= 4 is 10.9 Å². The zero-order valence-electron chi connectivity index (χ0n) is 11.8. The van der Waals surface area contributed by atoms with Crippen LogP contribution in [0.3, 0.4) is 0 Å². The van der Waals surface area contributed by atoms with Crippen molar-refractivity contribution in [3.05, 3.63) is 35.0 Å². The molecule has 0 fully saturated rings. The number of rotatable bonds is 6. The van der Waals surface area contributed by atoms with Crippen LogP contribution in [-0.4, -0.2) is 18.1 Å². The smallest absolute Gasteiger partial charge is 0.0459 e. The zero-order valence-corrected chi connectivity index (χ0v) is 11.8. The minimum absolute atomic E-state index is 1.06. The third-order valence-electron chi connectivity index (χ3n) is 3.62. The molecule has 0 aliphatic carbocycles. The monoisotopic (exact) mass is 244 g/mol. The molecule has 1 aromatic heterocycles. The number of aromatic amines is 1. The molecule has 0 bridgehead atoms. The van der Waals surface area contributed by atoms with Gasteiger partial charge in [0, 0.05) is 16.6 Å². The molecule has 2 nitrogen and oxygen atoms in total. The summed E-state index contributed by atoms with van der Waals surface area (Å²) < 4.78 is 0. The molecule has 0 aliphatic rings. The summed E-state index contributed by atoms with van der Waals surface area (Å²) in [5.74, 6) is 0. The maximum atomic E-state index is 3.50. The molecular formula is C16H24N2. The van der Waals surface area contributed by atoms with E-state index in [-0.39, 0.29) is 0 Å². The van der Waals surface area contributed by atoms with E-state index in [9.17, 15) is 0 Å². The molecule has 0 amide bonds. The van der Waals surface area contributed by atoms with Crippen LogP contribution in [-0.2, 0) is 12.8 Å². The molecule has 0 aliphatic heterocycles. The second-order valence-corrected chi connectivity index (χ2v) is 4.92. The van der Waals surface area contributed by atoms with E-state index in [2.05, 4.69) is 49.3 Å². The summed E-state index contributed by atoms with van der Waals surface area (Å²) in [5, 5.41) is 4.81. The van der Waals surface area contributed by atoms with E-state index in [1.807, 2.05) is 0 Å². The number of aryl methyl sites for hydroxylation is 3. The predicted molar refractivity (Wildman–Crippen MR) is 79.3 cm³/mol. The lowest BCUT2D eigenvalue weighted by Gasteiger charge is -2.04. The largest absolute Gasteiger partial charge is 0.358 e. The van der Waals surface area contributed by atoms with Crippen LogP contribution in [0.4, 0.5) is 0 Å². The fraction of sp³-hybridized carbons (Fsp3) is 0.500. The van der Waals surface area contributed by atoms with Gasteiger partial charge in [-0.25, -0.2) is 0 Å². The number of fused-ring (bicyclic) bond motifs is 1. The van der Waals surface area contributed by atoms with Gasteiger partial charge in [-0.1, -0.05) is 19.9 Å². The molecule has 2 heteroatoms. The van der Waals surface area contributed by atoms with Gasteiger partial charge in [0.05, 0.1) is 0 Å². The molecule has 0 saturated carbocycles. The molecule has 0 unspecified atom stereocenters. The van der Waals surface area contributed by atoms with Crippen LogP contribution < -0.4 is 5.32 Å². The quantitative estimate of drug-likeness (QED) is 0.747. The van der Waals surface area contributed by atoms with Crippen LogP contribution in [0, 0.1) is 6.92 Å². The minimum atomic E-state index is 1.06. The first-order chi connectivity index (χ1) is 8.76. The maximum Gasteiger partial charge on any atom is 0.0459 e. The Labute approximate surface area is 110 Å². The van der Waals surface area contributed by atoms with Crippen molar-refractivity contribution in [1.29, 1.82) is 0 Å². The Morgan fingerprint density at radius 3 is 2.78 bits per heavy atom. The van der Waals surface area contributed by atoms with E-state index in [0.717, 1.165) is 25.9 Å². The van der Waals surface area contributed by atoms with E-state index >= 15 is 0 Å². The number of aromatic nitrogens is 1. The van der Waals surface area contributed by atoms with Crippen LogP contribution in [0.25, 0.3) is 10.9 Å². The van der Waals surface area contributed by atoms with Crippen molar-refractivity contribution in [2.75, 3.05) is 13.1 Å². The summed E-state index contributed by atoms with van der Waals surface area (Å²) in [4.78, 5) is 3.50. The Bertz CT molecular complexity index is 511. The lowest BCUT2D eigenvalue weighted by atomic mass is 10.0. The van der Waals surface area contributed by atoms with E-state index in [4.69, 9.17) is 0 Å². The van der Waals surface area contributed by atoms with Gasteiger partial charge in [0.25, 0.3) is 0 Å². The molecule has 1 heterocycles. The summed E-state index contributed by atoms with van der Waals surface area (Å²) in [5.41, 5.74) is 5.53. The Morgan fingerprint density at radius 2 is 2.06 bits per heavy atom. The summed E-state index contributed by atoms with van der Waals surface area (Å²) >= 11 is 0. The van der Waals surface area contributed by atoms with Crippen LogP contribution in [0.15, 0.2) is 18.2 Å². The van der Waals surface area contributed by atoms with Crippen molar-refractivity contribution in [3.63, 3.8) is 0 Å². The fourth-order valence-corrected chi connectivity index (χ4v) is 2.54. The van der Waals surface area contributed by atoms with Crippen LogP contribution in [0.2, 0.25) is 0 Å². The molecule has 2 N–H and O–H groups in total. The van der Waals surface area contributed by atoms with Crippen molar-refractivity contribution in [3.8, 4) is 0 Å². The number of H-pyrrole nitrogens is 1. The second kappa shape index (κ2) is 6.05. The highest BCUT2D eigenvalue weighted by Crippen LogP contribution is 2.24. The number of nitrogens with one attached hydrogen (secondary N) is 2. The van der Waals surface area contributed by atoms with Gasteiger partial charge in [-0.2, -0.15) is 0 Å². The lowest BCUT2D eigenvalue weighted by molar-refractivity contribution is 0.673. The van der Waals surface area contributed by atoms with Crippen LogP contribution in [0.5, 0.6) is 0 Å². The minimum Gasteiger partial charge on any atom is -0.358 e. The number of hydrogen-bond acceptors (Lipinski definition) is 1. The van der Waals surface area contributed by atoms with Gasteiger partial charge in [0.2, 0.25) is 0 Å². The Balaban J connectivity index is 2.22. The van der Waals surface area contributed by atoms with Crippen molar-refractivity contribution in [1.82, 2.24) is 10.3 Å². The molecule has 98 valence electrons. The number of benzene rings is 1. The van der Waals surface area contributed by atoms with Gasteiger partial charge in [0.15, 0.2) is 0 Å². The highest BCUT2D eigenvalue weighted by atomic mass is 14.8. The third-order valence-corrected chi connectivity index (χ3v) is 3.62. The molecule has 0 atom stereocenters. The molecule has 0 radical (unpaired) electrons. The van der Waals surface area contributed by atoms with E-state index in [1.54, 1.807) is 0 Å². The summed E-state index contributed by atoms with van der Waals surface area (Å²) in [6.07, 6.45) is 3.47.